The quantitative estimate of drug-likeness (QED) is 0.753. The summed E-state index contributed by atoms with van der Waals surface area (Å²) in [6.45, 7) is 5.82. The zero-order chi connectivity index (χ0) is 20.1. The van der Waals surface area contributed by atoms with Crippen LogP contribution in [0.5, 0.6) is 0 Å². The largest absolute Gasteiger partial charge is 0.341 e. The van der Waals surface area contributed by atoms with Crippen LogP contribution in [0.15, 0.2) is 24.3 Å². The minimum absolute atomic E-state index is 0.218. The lowest BCUT2D eigenvalue weighted by Crippen LogP contribution is -2.36. The average molecular weight is 396 g/mol. The Morgan fingerprint density at radius 2 is 1.31 bits per heavy atom. The van der Waals surface area contributed by atoms with E-state index in [1.54, 1.807) is 12.1 Å². The van der Waals surface area contributed by atoms with Gasteiger partial charge in [0.2, 0.25) is 17.8 Å². The van der Waals surface area contributed by atoms with Crippen LogP contribution in [-0.2, 0) is 0 Å². The highest BCUT2D eigenvalue weighted by molar-refractivity contribution is 5.94. The van der Waals surface area contributed by atoms with Crippen LogP contribution in [0, 0.1) is 6.92 Å². The molecule has 2 saturated heterocycles. The zero-order valence-corrected chi connectivity index (χ0v) is 17.0. The van der Waals surface area contributed by atoms with E-state index in [2.05, 4.69) is 30.6 Å². The van der Waals surface area contributed by atoms with Crippen molar-refractivity contribution in [3.8, 4) is 0 Å². The van der Waals surface area contributed by atoms with E-state index in [0.29, 0.717) is 23.4 Å². The van der Waals surface area contributed by atoms with E-state index in [0.717, 1.165) is 57.4 Å². The molecule has 2 fully saturated rings. The molecule has 1 aromatic carbocycles. The Bertz CT molecular complexity index is 791. The molecule has 0 atom stereocenters. The predicted molar refractivity (Wildman–Crippen MR) is 114 cm³/mol. The van der Waals surface area contributed by atoms with Gasteiger partial charge in [0.25, 0.3) is 5.91 Å². The normalized spacial score (nSPS) is 17.1. The average Bonchev–Trinajstić information content (AvgIpc) is 2.79. The van der Waals surface area contributed by atoms with Crippen molar-refractivity contribution < 1.29 is 4.79 Å². The molecule has 2 aliphatic heterocycles. The third kappa shape index (κ3) is 4.93. The number of nitrogens with one attached hydrogen (secondary N) is 2. The summed E-state index contributed by atoms with van der Waals surface area (Å²) in [6.07, 6.45) is 7.10. The number of carbonyl (C=O) groups excluding carboxylic acids is 1. The maximum Gasteiger partial charge on any atom is 0.269 e. The minimum atomic E-state index is -0.218. The fourth-order valence-electron chi connectivity index (χ4n) is 3.77. The third-order valence-corrected chi connectivity index (χ3v) is 5.49. The second kappa shape index (κ2) is 9.07. The number of hydrazine groups is 1. The predicted octanol–water partition coefficient (Wildman–Crippen LogP) is 2.92. The van der Waals surface area contributed by atoms with Crippen molar-refractivity contribution in [2.45, 2.75) is 45.4 Å². The highest BCUT2D eigenvalue weighted by Gasteiger charge is 2.20. The van der Waals surface area contributed by atoms with Crippen molar-refractivity contribution in [2.75, 3.05) is 41.4 Å². The van der Waals surface area contributed by atoms with Crippen LogP contribution in [0.3, 0.4) is 0 Å². The Kier molecular flexibility index (Phi) is 6.07. The molecular formula is C21H29N7O. The number of hydrogen-bond donors (Lipinski definition) is 2. The number of anilines is 3. The van der Waals surface area contributed by atoms with Gasteiger partial charge in [-0.15, -0.1) is 0 Å². The van der Waals surface area contributed by atoms with E-state index in [1.807, 2.05) is 19.1 Å². The number of aryl methyl sites for hydroxylation is 1. The lowest BCUT2D eigenvalue weighted by molar-refractivity contribution is 0.0962. The molecule has 154 valence electrons. The molecule has 0 radical (unpaired) electrons. The summed E-state index contributed by atoms with van der Waals surface area (Å²) < 4.78 is 0. The van der Waals surface area contributed by atoms with Gasteiger partial charge in [-0.2, -0.15) is 15.0 Å². The molecule has 8 nitrogen and oxygen atoms in total. The Labute approximate surface area is 171 Å². The molecule has 0 saturated carbocycles. The minimum Gasteiger partial charge on any atom is -0.341 e. The van der Waals surface area contributed by atoms with Crippen molar-refractivity contribution in [3.63, 3.8) is 0 Å². The molecule has 2 aromatic rings. The Morgan fingerprint density at radius 1 is 0.793 bits per heavy atom. The third-order valence-electron chi connectivity index (χ3n) is 5.49. The monoisotopic (exact) mass is 395 g/mol. The van der Waals surface area contributed by atoms with Crippen molar-refractivity contribution in [3.05, 3.63) is 35.4 Å². The van der Waals surface area contributed by atoms with Crippen LogP contribution >= 0.6 is 0 Å². The van der Waals surface area contributed by atoms with E-state index in [-0.39, 0.29) is 5.91 Å². The first-order valence-electron chi connectivity index (χ1n) is 10.6. The van der Waals surface area contributed by atoms with E-state index in [9.17, 15) is 4.79 Å². The van der Waals surface area contributed by atoms with Gasteiger partial charge < -0.3 is 9.80 Å². The van der Waals surface area contributed by atoms with E-state index >= 15 is 0 Å². The number of rotatable bonds is 5. The van der Waals surface area contributed by atoms with Crippen molar-refractivity contribution >= 4 is 23.8 Å². The van der Waals surface area contributed by atoms with Crippen LogP contribution in [0.4, 0.5) is 17.8 Å². The smallest absolute Gasteiger partial charge is 0.269 e. The first-order chi connectivity index (χ1) is 14.2. The van der Waals surface area contributed by atoms with E-state index in [1.165, 1.54) is 12.8 Å². The summed E-state index contributed by atoms with van der Waals surface area (Å²) in [5.41, 5.74) is 7.32. The Hall–Kier alpha value is -2.90. The number of aromatic nitrogens is 3. The van der Waals surface area contributed by atoms with Crippen LogP contribution in [0.1, 0.15) is 54.4 Å². The Morgan fingerprint density at radius 3 is 1.83 bits per heavy atom. The first kappa shape index (κ1) is 19.4. The standard InChI is InChI=1S/C21H29N7O/c1-16-8-10-17(11-9-16)18(29)25-26-19-22-20(27-12-4-2-5-13-27)24-21(23-19)28-14-6-3-7-15-28/h8-11H,2-7,12-15H2,1H3,(H,25,29)(H,22,23,24,26). The molecule has 2 aliphatic rings. The molecule has 8 heteroatoms. The van der Waals surface area contributed by atoms with Gasteiger partial charge in [-0.1, -0.05) is 17.7 Å². The van der Waals surface area contributed by atoms with Crippen molar-refractivity contribution in [1.82, 2.24) is 20.4 Å². The molecule has 0 bridgehead atoms. The maximum atomic E-state index is 12.4. The molecule has 0 unspecified atom stereocenters. The molecule has 0 aliphatic carbocycles. The highest BCUT2D eigenvalue weighted by atomic mass is 16.2. The number of benzene rings is 1. The topological polar surface area (TPSA) is 86.3 Å². The molecule has 1 aromatic heterocycles. The molecule has 1 amide bonds. The number of carbonyl (C=O) groups is 1. The number of amides is 1. The molecule has 0 spiro atoms. The molecule has 2 N–H and O–H groups in total. The lowest BCUT2D eigenvalue weighted by atomic mass is 10.1. The fraction of sp³-hybridized carbons (Fsp3) is 0.524. The lowest BCUT2D eigenvalue weighted by Gasteiger charge is -2.30. The highest BCUT2D eigenvalue weighted by Crippen LogP contribution is 2.22. The number of piperidine rings is 2. The van der Waals surface area contributed by atoms with Crippen LogP contribution in [0.2, 0.25) is 0 Å². The summed E-state index contributed by atoms with van der Waals surface area (Å²) in [7, 11) is 0. The summed E-state index contributed by atoms with van der Waals surface area (Å²) in [5, 5.41) is 0. The molecule has 29 heavy (non-hydrogen) atoms. The van der Waals surface area contributed by atoms with Crippen LogP contribution < -0.4 is 20.7 Å². The van der Waals surface area contributed by atoms with Gasteiger partial charge in [-0.05, 0) is 57.6 Å². The number of hydrogen-bond acceptors (Lipinski definition) is 7. The van der Waals surface area contributed by atoms with E-state index in [4.69, 9.17) is 4.98 Å². The van der Waals surface area contributed by atoms with Gasteiger partial charge >= 0.3 is 0 Å². The van der Waals surface area contributed by atoms with Gasteiger partial charge in [0.15, 0.2) is 0 Å². The first-order valence-corrected chi connectivity index (χ1v) is 10.6. The van der Waals surface area contributed by atoms with Gasteiger partial charge in [0, 0.05) is 31.7 Å². The second-order valence-corrected chi connectivity index (χ2v) is 7.80. The maximum absolute atomic E-state index is 12.4. The van der Waals surface area contributed by atoms with Gasteiger partial charge in [-0.25, -0.2) is 0 Å². The summed E-state index contributed by atoms with van der Waals surface area (Å²) in [4.78, 5) is 30.8. The molecule has 3 heterocycles. The second-order valence-electron chi connectivity index (χ2n) is 7.80. The van der Waals surface area contributed by atoms with Crippen LogP contribution in [-0.4, -0.2) is 47.0 Å². The number of nitrogens with zero attached hydrogens (tertiary/aromatic N) is 5. The van der Waals surface area contributed by atoms with Gasteiger partial charge in [0.05, 0.1) is 0 Å². The van der Waals surface area contributed by atoms with Gasteiger partial charge in [0.1, 0.15) is 0 Å². The fourth-order valence-corrected chi connectivity index (χ4v) is 3.77. The van der Waals surface area contributed by atoms with Crippen LogP contribution in [0.25, 0.3) is 0 Å². The van der Waals surface area contributed by atoms with Gasteiger partial charge in [-0.3, -0.25) is 15.6 Å². The SMILES string of the molecule is Cc1ccc(C(=O)NNc2nc(N3CCCCC3)nc(N3CCCCC3)n2)cc1. The zero-order valence-electron chi connectivity index (χ0n) is 17.0. The Balaban J connectivity index is 1.52. The summed E-state index contributed by atoms with van der Waals surface area (Å²) in [6, 6.07) is 7.44. The van der Waals surface area contributed by atoms with E-state index < -0.39 is 0 Å². The summed E-state index contributed by atoms with van der Waals surface area (Å²) >= 11 is 0. The molecular weight excluding hydrogens is 366 g/mol. The van der Waals surface area contributed by atoms with Crippen molar-refractivity contribution in [2.24, 2.45) is 0 Å². The van der Waals surface area contributed by atoms with Crippen molar-refractivity contribution in [1.29, 1.82) is 0 Å². The summed E-state index contributed by atoms with van der Waals surface area (Å²) in [5.74, 6) is 1.53. The molecule has 4 rings (SSSR count).